The number of aromatic nitrogens is 2. The fourth-order valence-electron chi connectivity index (χ4n) is 4.02. The van der Waals surface area contributed by atoms with Crippen molar-refractivity contribution in [1.29, 1.82) is 0 Å². The monoisotopic (exact) mass is 472 g/mol. The van der Waals surface area contributed by atoms with Gasteiger partial charge in [0.2, 0.25) is 10.0 Å². The van der Waals surface area contributed by atoms with Gasteiger partial charge in [-0.1, -0.05) is 0 Å². The first kappa shape index (κ1) is 24.1. The molecule has 1 aliphatic carbocycles. The number of carbonyl (C=O) groups is 1. The summed E-state index contributed by atoms with van der Waals surface area (Å²) < 4.78 is 68.2. The quantitative estimate of drug-likeness (QED) is 0.619. The maximum absolute atomic E-state index is 14.8. The second-order valence-electron chi connectivity index (χ2n) is 7.89. The first-order valence-electron chi connectivity index (χ1n) is 9.64. The summed E-state index contributed by atoms with van der Waals surface area (Å²) in [4.78, 5) is 25.8. The molecule has 3 rings (SSSR count). The third kappa shape index (κ3) is 5.25. The van der Waals surface area contributed by atoms with Crippen molar-refractivity contribution in [3.63, 3.8) is 0 Å². The number of hydrogen-bond donors (Lipinski definition) is 1. The van der Waals surface area contributed by atoms with Crippen LogP contribution in [0.1, 0.15) is 18.4 Å². The van der Waals surface area contributed by atoms with E-state index in [1.165, 1.54) is 26.3 Å². The molecule has 1 aliphatic rings. The summed E-state index contributed by atoms with van der Waals surface area (Å²) >= 11 is 0. The molecule has 12 heteroatoms. The lowest BCUT2D eigenvalue weighted by Gasteiger charge is -2.31. The van der Waals surface area contributed by atoms with Gasteiger partial charge in [-0.05, 0) is 43.0 Å². The fourth-order valence-corrected chi connectivity index (χ4v) is 4.81. The zero-order valence-electron chi connectivity index (χ0n) is 17.7. The van der Waals surface area contributed by atoms with E-state index < -0.39 is 45.2 Å². The zero-order valence-corrected chi connectivity index (χ0v) is 18.5. The summed E-state index contributed by atoms with van der Waals surface area (Å²) in [6.45, 7) is 0. The van der Waals surface area contributed by atoms with Crippen molar-refractivity contribution in [2.75, 3.05) is 20.4 Å². The van der Waals surface area contributed by atoms with Crippen LogP contribution in [0.3, 0.4) is 0 Å². The number of hydroxylamine groups is 2. The van der Waals surface area contributed by atoms with Gasteiger partial charge in [0.15, 0.2) is 11.6 Å². The normalized spacial score (nSPS) is 23.3. The predicted octanol–water partition coefficient (Wildman–Crippen LogP) is 2.02. The molecule has 0 bridgehead atoms. The SMILES string of the molecule is CON(C)C(=O)[C@@]1(Cc2cc(-c3ncc(F)cn3)ccc2F)C[C@H](F)[C@H](NS(C)(=O)=O)C1. The minimum absolute atomic E-state index is 0.0838. The van der Waals surface area contributed by atoms with Gasteiger partial charge in [-0.25, -0.2) is 41.3 Å². The summed E-state index contributed by atoms with van der Waals surface area (Å²) in [6, 6.07) is 2.83. The maximum atomic E-state index is 14.8. The lowest BCUT2D eigenvalue weighted by Crippen LogP contribution is -2.43. The van der Waals surface area contributed by atoms with E-state index in [2.05, 4.69) is 14.7 Å². The number of amides is 1. The highest BCUT2D eigenvalue weighted by atomic mass is 32.2. The van der Waals surface area contributed by atoms with Gasteiger partial charge in [0.25, 0.3) is 5.91 Å². The van der Waals surface area contributed by atoms with Crippen molar-refractivity contribution in [2.45, 2.75) is 31.5 Å². The van der Waals surface area contributed by atoms with Crippen LogP contribution in [0.4, 0.5) is 13.2 Å². The van der Waals surface area contributed by atoms with E-state index in [1.807, 2.05) is 0 Å². The molecule has 0 spiro atoms. The Hall–Kier alpha value is -2.57. The van der Waals surface area contributed by atoms with Crippen LogP contribution in [-0.2, 0) is 26.1 Å². The van der Waals surface area contributed by atoms with Crippen LogP contribution in [0.15, 0.2) is 30.6 Å². The molecule has 0 aliphatic heterocycles. The van der Waals surface area contributed by atoms with Gasteiger partial charge < -0.3 is 0 Å². The van der Waals surface area contributed by atoms with Gasteiger partial charge >= 0.3 is 0 Å². The van der Waals surface area contributed by atoms with Gasteiger partial charge in [0.1, 0.15) is 12.0 Å². The number of halogens is 3. The predicted molar refractivity (Wildman–Crippen MR) is 109 cm³/mol. The summed E-state index contributed by atoms with van der Waals surface area (Å²) in [5, 5.41) is 0.917. The van der Waals surface area contributed by atoms with Gasteiger partial charge in [-0.3, -0.25) is 9.63 Å². The van der Waals surface area contributed by atoms with Crippen molar-refractivity contribution in [3.05, 3.63) is 47.8 Å². The highest BCUT2D eigenvalue weighted by molar-refractivity contribution is 7.88. The molecule has 1 amide bonds. The third-order valence-electron chi connectivity index (χ3n) is 5.47. The van der Waals surface area contributed by atoms with E-state index in [9.17, 15) is 26.4 Å². The van der Waals surface area contributed by atoms with Crippen LogP contribution in [0.2, 0.25) is 0 Å². The van der Waals surface area contributed by atoms with Crippen LogP contribution in [0.5, 0.6) is 0 Å². The number of nitrogens with zero attached hydrogens (tertiary/aromatic N) is 3. The first-order chi connectivity index (χ1) is 14.9. The largest absolute Gasteiger partial charge is 0.275 e. The second-order valence-corrected chi connectivity index (χ2v) is 9.67. The molecular weight excluding hydrogens is 449 g/mol. The summed E-state index contributed by atoms with van der Waals surface area (Å²) in [7, 11) is -1.14. The summed E-state index contributed by atoms with van der Waals surface area (Å²) in [5.41, 5.74) is -1.000. The number of benzene rings is 1. The van der Waals surface area contributed by atoms with Crippen molar-refractivity contribution in [1.82, 2.24) is 19.8 Å². The van der Waals surface area contributed by atoms with Crippen LogP contribution < -0.4 is 4.72 Å². The fraction of sp³-hybridized carbons (Fsp3) is 0.450. The molecule has 1 N–H and O–H groups in total. The smallest absolute Gasteiger partial charge is 0.252 e. The molecule has 1 aromatic carbocycles. The minimum Gasteiger partial charge on any atom is -0.275 e. The molecule has 32 heavy (non-hydrogen) atoms. The van der Waals surface area contributed by atoms with Crippen molar-refractivity contribution in [2.24, 2.45) is 5.41 Å². The maximum Gasteiger partial charge on any atom is 0.252 e. The van der Waals surface area contributed by atoms with Crippen molar-refractivity contribution >= 4 is 15.9 Å². The highest BCUT2D eigenvalue weighted by Gasteiger charge is 2.52. The van der Waals surface area contributed by atoms with Crippen LogP contribution >= 0.6 is 0 Å². The Morgan fingerprint density at radius 1 is 1.28 bits per heavy atom. The van der Waals surface area contributed by atoms with Crippen molar-refractivity contribution in [3.8, 4) is 11.4 Å². The van der Waals surface area contributed by atoms with Gasteiger partial charge in [0.05, 0.1) is 37.2 Å². The number of alkyl halides is 1. The van der Waals surface area contributed by atoms with E-state index in [4.69, 9.17) is 4.84 Å². The lowest BCUT2D eigenvalue weighted by atomic mass is 9.78. The highest BCUT2D eigenvalue weighted by Crippen LogP contribution is 2.45. The van der Waals surface area contributed by atoms with Gasteiger partial charge in [0, 0.05) is 12.6 Å². The Kier molecular flexibility index (Phi) is 6.86. The topological polar surface area (TPSA) is 101 Å². The third-order valence-corrected chi connectivity index (χ3v) is 6.20. The zero-order chi connectivity index (χ0) is 23.7. The van der Waals surface area contributed by atoms with E-state index in [-0.39, 0.29) is 30.7 Å². The average Bonchev–Trinajstić information content (AvgIpc) is 3.03. The summed E-state index contributed by atoms with van der Waals surface area (Å²) in [5.74, 6) is -1.73. The Labute approximate surface area is 183 Å². The molecule has 174 valence electrons. The second kappa shape index (κ2) is 9.12. The average molecular weight is 472 g/mol. The molecule has 8 nitrogen and oxygen atoms in total. The van der Waals surface area contributed by atoms with E-state index >= 15 is 0 Å². The Bertz CT molecular complexity index is 1100. The Morgan fingerprint density at radius 2 is 1.94 bits per heavy atom. The number of rotatable bonds is 7. The molecule has 0 unspecified atom stereocenters. The van der Waals surface area contributed by atoms with Gasteiger partial charge in [-0.2, -0.15) is 0 Å². The molecule has 3 atom stereocenters. The van der Waals surface area contributed by atoms with E-state index in [1.54, 1.807) is 0 Å². The number of carbonyl (C=O) groups excluding carboxylic acids is 1. The molecule has 1 fully saturated rings. The molecule has 1 aromatic heterocycles. The van der Waals surface area contributed by atoms with Crippen LogP contribution in [0.25, 0.3) is 11.4 Å². The molecule has 0 radical (unpaired) electrons. The number of nitrogens with one attached hydrogen (secondary N) is 1. The van der Waals surface area contributed by atoms with E-state index in [0.29, 0.717) is 5.56 Å². The van der Waals surface area contributed by atoms with Crippen molar-refractivity contribution < 1.29 is 31.2 Å². The van der Waals surface area contributed by atoms with Crippen LogP contribution in [-0.4, -0.2) is 62.0 Å². The molecule has 1 heterocycles. The Morgan fingerprint density at radius 3 is 2.53 bits per heavy atom. The standard InChI is InChI=1S/C20H23F3N4O4S/c1-27(31-2)19(28)20(8-16(23)17(9-20)26-32(3,29)30)7-13-6-12(4-5-15(13)22)18-24-10-14(21)11-25-18/h4-6,10-11,16-17,26H,7-9H2,1-3H3/t16-,17+,20-/m0/s1. The van der Waals surface area contributed by atoms with E-state index in [0.717, 1.165) is 29.8 Å². The lowest BCUT2D eigenvalue weighted by molar-refractivity contribution is -0.180. The number of sulfonamides is 1. The Balaban J connectivity index is 2.00. The van der Waals surface area contributed by atoms with Crippen LogP contribution in [0, 0.1) is 17.0 Å². The number of hydrogen-bond acceptors (Lipinski definition) is 6. The first-order valence-corrected chi connectivity index (χ1v) is 11.5. The minimum atomic E-state index is -3.74. The van der Waals surface area contributed by atoms with Gasteiger partial charge in [-0.15, -0.1) is 0 Å². The summed E-state index contributed by atoms with van der Waals surface area (Å²) in [6.07, 6.45) is 0.433. The molecule has 1 saturated carbocycles. The molecule has 0 saturated heterocycles. The molecule has 2 aromatic rings. The molecular formula is C20H23F3N4O4S.